The summed E-state index contributed by atoms with van der Waals surface area (Å²) in [5.41, 5.74) is 9.37. The lowest BCUT2D eigenvalue weighted by Gasteiger charge is -2.11. The maximum atomic E-state index is 12.4. The van der Waals surface area contributed by atoms with Crippen LogP contribution in [0.1, 0.15) is 27.0 Å². The molecule has 2 rings (SSSR count). The topological polar surface area (TPSA) is 55.1 Å². The van der Waals surface area contributed by atoms with Crippen molar-refractivity contribution < 1.29 is 4.79 Å². The van der Waals surface area contributed by atoms with E-state index in [9.17, 15) is 4.79 Å². The minimum Gasteiger partial charge on any atom is -0.389 e. The maximum absolute atomic E-state index is 12.4. The maximum Gasteiger partial charge on any atom is 0.255 e. The number of halogens is 1. The molecule has 0 saturated heterocycles. The Morgan fingerprint density at radius 1 is 1.24 bits per heavy atom. The second kappa shape index (κ2) is 6.24. The number of carbonyl (C=O) groups is 1. The van der Waals surface area contributed by atoms with E-state index >= 15 is 0 Å². The first kappa shape index (κ1) is 15.5. The van der Waals surface area contributed by atoms with Crippen molar-refractivity contribution in [1.82, 2.24) is 0 Å². The summed E-state index contributed by atoms with van der Waals surface area (Å²) in [6.45, 7) is 3.88. The average Bonchev–Trinajstić information content (AvgIpc) is 2.43. The van der Waals surface area contributed by atoms with Crippen LogP contribution < -0.4 is 11.1 Å². The Hall–Kier alpha value is -1.91. The predicted molar refractivity (Wildman–Crippen MR) is 91.2 cm³/mol. The molecule has 0 fully saturated rings. The Kier molecular flexibility index (Phi) is 4.60. The zero-order valence-corrected chi connectivity index (χ0v) is 13.3. The van der Waals surface area contributed by atoms with Gasteiger partial charge in [-0.3, -0.25) is 4.79 Å². The number of benzene rings is 2. The molecule has 3 nitrogen and oxygen atoms in total. The average molecular weight is 319 g/mol. The van der Waals surface area contributed by atoms with Crippen molar-refractivity contribution in [1.29, 1.82) is 0 Å². The van der Waals surface area contributed by atoms with Gasteiger partial charge in [0.1, 0.15) is 4.99 Å². The van der Waals surface area contributed by atoms with Crippen LogP contribution in [0.5, 0.6) is 0 Å². The summed E-state index contributed by atoms with van der Waals surface area (Å²) in [5, 5.41) is 3.24. The van der Waals surface area contributed by atoms with E-state index in [4.69, 9.17) is 29.6 Å². The summed E-state index contributed by atoms with van der Waals surface area (Å²) in [6, 6.07) is 10.7. The van der Waals surface area contributed by atoms with E-state index in [1.165, 1.54) is 0 Å². The Morgan fingerprint density at radius 2 is 1.95 bits per heavy atom. The monoisotopic (exact) mass is 318 g/mol. The van der Waals surface area contributed by atoms with E-state index < -0.39 is 0 Å². The van der Waals surface area contributed by atoms with Gasteiger partial charge in [0.25, 0.3) is 5.91 Å². The molecule has 0 aliphatic rings. The van der Waals surface area contributed by atoms with Gasteiger partial charge >= 0.3 is 0 Å². The number of aryl methyl sites for hydroxylation is 1. The van der Waals surface area contributed by atoms with Crippen molar-refractivity contribution in [2.75, 3.05) is 5.32 Å². The van der Waals surface area contributed by atoms with Crippen LogP contribution in [0, 0.1) is 13.8 Å². The molecular formula is C16H15ClN2OS. The third kappa shape index (κ3) is 3.40. The van der Waals surface area contributed by atoms with Crippen LogP contribution in [-0.2, 0) is 0 Å². The highest BCUT2D eigenvalue weighted by Gasteiger charge is 2.12. The summed E-state index contributed by atoms with van der Waals surface area (Å²) in [4.78, 5) is 12.6. The molecule has 0 aliphatic carbocycles. The van der Waals surface area contributed by atoms with Gasteiger partial charge in [-0.25, -0.2) is 0 Å². The summed E-state index contributed by atoms with van der Waals surface area (Å²) < 4.78 is 0. The standard InChI is InChI=1S/C16H15ClN2OS/c1-9-4-3-5-12(10(9)2)16(20)19-14-8-11(15(18)21)6-7-13(14)17/h3-8H,1-2H3,(H2,18,21)(H,19,20). The van der Waals surface area contributed by atoms with Gasteiger partial charge in [-0.2, -0.15) is 0 Å². The minimum absolute atomic E-state index is 0.210. The summed E-state index contributed by atoms with van der Waals surface area (Å²) in [5.74, 6) is -0.210. The quantitative estimate of drug-likeness (QED) is 0.845. The Balaban J connectivity index is 2.33. The Morgan fingerprint density at radius 3 is 2.62 bits per heavy atom. The van der Waals surface area contributed by atoms with Crippen LogP contribution in [0.15, 0.2) is 36.4 Å². The number of carbonyl (C=O) groups excluding carboxylic acids is 1. The number of hydrogen-bond acceptors (Lipinski definition) is 2. The molecule has 0 radical (unpaired) electrons. The van der Waals surface area contributed by atoms with Gasteiger partial charge in [0, 0.05) is 11.1 Å². The molecule has 0 aliphatic heterocycles. The molecule has 0 unspecified atom stereocenters. The fourth-order valence-electron chi connectivity index (χ4n) is 1.96. The van der Waals surface area contributed by atoms with Crippen LogP contribution in [0.4, 0.5) is 5.69 Å². The molecule has 5 heteroatoms. The smallest absolute Gasteiger partial charge is 0.255 e. The Labute approximate surface area is 134 Å². The third-order valence-corrected chi connectivity index (χ3v) is 3.91. The van der Waals surface area contributed by atoms with E-state index in [2.05, 4.69) is 5.32 Å². The summed E-state index contributed by atoms with van der Waals surface area (Å²) in [6.07, 6.45) is 0. The second-order valence-corrected chi connectivity index (χ2v) is 5.61. The molecule has 0 spiro atoms. The van der Waals surface area contributed by atoms with Crippen LogP contribution >= 0.6 is 23.8 Å². The van der Waals surface area contributed by atoms with Crippen molar-refractivity contribution in [2.24, 2.45) is 5.73 Å². The highest BCUT2D eigenvalue weighted by molar-refractivity contribution is 7.80. The van der Waals surface area contributed by atoms with Crippen LogP contribution in [0.2, 0.25) is 5.02 Å². The molecule has 21 heavy (non-hydrogen) atoms. The van der Waals surface area contributed by atoms with Gasteiger partial charge in [0.15, 0.2) is 0 Å². The van der Waals surface area contributed by atoms with E-state index in [0.717, 1.165) is 11.1 Å². The largest absolute Gasteiger partial charge is 0.389 e. The third-order valence-electron chi connectivity index (χ3n) is 3.35. The zero-order valence-electron chi connectivity index (χ0n) is 11.7. The lowest BCUT2D eigenvalue weighted by Crippen LogP contribution is -2.15. The number of thiocarbonyl (C=S) groups is 1. The first-order chi connectivity index (χ1) is 9.90. The van der Waals surface area contributed by atoms with E-state index in [-0.39, 0.29) is 10.9 Å². The molecule has 108 valence electrons. The van der Waals surface area contributed by atoms with Crippen LogP contribution in [0.25, 0.3) is 0 Å². The van der Waals surface area contributed by atoms with Gasteiger partial charge in [0.2, 0.25) is 0 Å². The van der Waals surface area contributed by atoms with Crippen LogP contribution in [-0.4, -0.2) is 10.9 Å². The van der Waals surface area contributed by atoms with Gasteiger partial charge in [-0.1, -0.05) is 42.0 Å². The predicted octanol–water partition coefficient (Wildman–Crippen LogP) is 3.84. The molecule has 0 atom stereocenters. The van der Waals surface area contributed by atoms with Crippen molar-refractivity contribution in [2.45, 2.75) is 13.8 Å². The van der Waals surface area contributed by atoms with Crippen molar-refractivity contribution in [3.05, 3.63) is 63.7 Å². The number of nitrogens with two attached hydrogens (primary N) is 1. The molecular weight excluding hydrogens is 304 g/mol. The number of rotatable bonds is 3. The normalized spacial score (nSPS) is 10.2. The lowest BCUT2D eigenvalue weighted by molar-refractivity contribution is 0.102. The zero-order chi connectivity index (χ0) is 15.6. The van der Waals surface area contributed by atoms with Crippen molar-refractivity contribution in [3.8, 4) is 0 Å². The van der Waals surface area contributed by atoms with Crippen molar-refractivity contribution >= 4 is 40.4 Å². The van der Waals surface area contributed by atoms with Gasteiger partial charge in [0.05, 0.1) is 10.7 Å². The van der Waals surface area contributed by atoms with E-state index in [1.807, 2.05) is 26.0 Å². The first-order valence-corrected chi connectivity index (χ1v) is 7.15. The molecule has 2 aromatic rings. The Bertz CT molecular complexity index is 728. The molecule has 3 N–H and O–H groups in total. The highest BCUT2D eigenvalue weighted by atomic mass is 35.5. The summed E-state index contributed by atoms with van der Waals surface area (Å²) in [7, 11) is 0. The molecule has 0 heterocycles. The lowest BCUT2D eigenvalue weighted by atomic mass is 10.0. The van der Waals surface area contributed by atoms with Crippen LogP contribution in [0.3, 0.4) is 0 Å². The molecule has 0 saturated carbocycles. The molecule has 0 aromatic heterocycles. The molecule has 0 bridgehead atoms. The summed E-state index contributed by atoms with van der Waals surface area (Å²) >= 11 is 11.0. The number of amides is 1. The number of hydrogen-bond donors (Lipinski definition) is 2. The fraction of sp³-hybridized carbons (Fsp3) is 0.125. The van der Waals surface area contributed by atoms with Gasteiger partial charge < -0.3 is 11.1 Å². The van der Waals surface area contributed by atoms with E-state index in [1.54, 1.807) is 24.3 Å². The fourth-order valence-corrected chi connectivity index (χ4v) is 2.25. The number of nitrogens with one attached hydrogen (secondary N) is 1. The van der Waals surface area contributed by atoms with Crippen molar-refractivity contribution in [3.63, 3.8) is 0 Å². The van der Waals surface area contributed by atoms with E-state index in [0.29, 0.717) is 21.8 Å². The SMILES string of the molecule is Cc1cccc(C(=O)Nc2cc(C(N)=S)ccc2Cl)c1C. The first-order valence-electron chi connectivity index (χ1n) is 6.37. The minimum atomic E-state index is -0.210. The molecule has 2 aromatic carbocycles. The van der Waals surface area contributed by atoms with Gasteiger partial charge in [-0.05, 0) is 43.2 Å². The second-order valence-electron chi connectivity index (χ2n) is 4.76. The number of anilines is 1. The highest BCUT2D eigenvalue weighted by Crippen LogP contribution is 2.24. The van der Waals surface area contributed by atoms with Gasteiger partial charge in [-0.15, -0.1) is 0 Å². The molecule has 1 amide bonds.